The Morgan fingerprint density at radius 3 is 2.32 bits per heavy atom. The topological polar surface area (TPSA) is 20.3 Å². The van der Waals surface area contributed by atoms with E-state index in [0.717, 1.165) is 16.7 Å². The molecule has 0 radical (unpaired) electrons. The number of hydrogen-bond acceptors (Lipinski definition) is 2. The van der Waals surface area contributed by atoms with Gasteiger partial charge in [0, 0.05) is 11.4 Å². The maximum absolute atomic E-state index is 12.6. The monoisotopic (exact) mass is 295 g/mol. The fraction of sp³-hybridized carbons (Fsp3) is 0.417. The van der Waals surface area contributed by atoms with Crippen LogP contribution >= 0.6 is 11.8 Å². The zero-order valence-corrected chi connectivity index (χ0v) is 11.0. The average Bonchev–Trinajstić information content (AvgIpc) is 2.34. The van der Waals surface area contributed by atoms with Crippen molar-refractivity contribution < 1.29 is 22.4 Å². The molecule has 0 saturated carbocycles. The lowest BCUT2D eigenvalue weighted by Gasteiger charge is -2.22. The number of rotatable bonds is 5. The fourth-order valence-electron chi connectivity index (χ4n) is 1.36. The van der Waals surface area contributed by atoms with Crippen LogP contribution in [0.25, 0.3) is 0 Å². The Labute approximate surface area is 112 Å². The molecule has 0 atom stereocenters. The van der Waals surface area contributed by atoms with Crippen LogP contribution in [0.3, 0.4) is 0 Å². The van der Waals surface area contributed by atoms with Gasteiger partial charge in [-0.15, -0.1) is 11.8 Å². The molecule has 1 aromatic carbocycles. The van der Waals surface area contributed by atoms with Gasteiger partial charge in [-0.25, -0.2) is 4.39 Å². The average molecular weight is 295 g/mol. The van der Waals surface area contributed by atoms with Crippen molar-refractivity contribution in [1.29, 1.82) is 0 Å². The number of hydrogen-bond donors (Lipinski definition) is 0. The second kappa shape index (κ2) is 6.79. The molecule has 1 amide bonds. The van der Waals surface area contributed by atoms with E-state index < -0.39 is 24.4 Å². The van der Waals surface area contributed by atoms with E-state index in [0.29, 0.717) is 4.90 Å². The highest BCUT2D eigenvalue weighted by Crippen LogP contribution is 2.20. The highest BCUT2D eigenvalue weighted by molar-refractivity contribution is 8.00. The Balaban J connectivity index is 2.51. The van der Waals surface area contributed by atoms with Crippen LogP contribution in [0.15, 0.2) is 29.2 Å². The largest absolute Gasteiger partial charge is 0.406 e. The van der Waals surface area contributed by atoms with Crippen molar-refractivity contribution >= 4 is 17.7 Å². The van der Waals surface area contributed by atoms with Crippen LogP contribution in [0.1, 0.15) is 6.92 Å². The molecule has 2 nitrogen and oxygen atoms in total. The number of benzene rings is 1. The van der Waals surface area contributed by atoms with Crippen LogP contribution < -0.4 is 0 Å². The summed E-state index contributed by atoms with van der Waals surface area (Å²) in [6.45, 7) is 0.251. The van der Waals surface area contributed by atoms with Crippen molar-refractivity contribution in [1.82, 2.24) is 4.90 Å². The number of thioether (sulfide) groups is 1. The van der Waals surface area contributed by atoms with Gasteiger partial charge in [-0.2, -0.15) is 13.2 Å². The van der Waals surface area contributed by atoms with Gasteiger partial charge in [0.15, 0.2) is 0 Å². The van der Waals surface area contributed by atoms with E-state index in [1.165, 1.54) is 31.2 Å². The normalized spacial score (nSPS) is 11.4. The van der Waals surface area contributed by atoms with E-state index in [1.54, 1.807) is 0 Å². The summed E-state index contributed by atoms with van der Waals surface area (Å²) < 4.78 is 49.3. The van der Waals surface area contributed by atoms with Crippen molar-refractivity contribution in [3.8, 4) is 0 Å². The Morgan fingerprint density at radius 2 is 1.84 bits per heavy atom. The summed E-state index contributed by atoms with van der Waals surface area (Å²) in [4.78, 5) is 13.0. The molecular weight excluding hydrogens is 282 g/mol. The van der Waals surface area contributed by atoms with Gasteiger partial charge in [0.2, 0.25) is 5.91 Å². The second-order valence-corrected chi connectivity index (χ2v) is 4.81. The molecular formula is C12H13F4NOS. The molecule has 0 aliphatic rings. The highest BCUT2D eigenvalue weighted by atomic mass is 32.2. The van der Waals surface area contributed by atoms with E-state index in [1.807, 2.05) is 0 Å². The number of alkyl halides is 3. The van der Waals surface area contributed by atoms with Crippen LogP contribution in [0.2, 0.25) is 0 Å². The molecule has 0 fully saturated rings. The number of carbonyl (C=O) groups excluding carboxylic acids is 1. The van der Waals surface area contributed by atoms with E-state index in [9.17, 15) is 22.4 Å². The van der Waals surface area contributed by atoms with Gasteiger partial charge in [0.1, 0.15) is 12.4 Å². The lowest BCUT2D eigenvalue weighted by molar-refractivity contribution is -0.159. The minimum atomic E-state index is -4.40. The summed E-state index contributed by atoms with van der Waals surface area (Å²) in [6.07, 6.45) is -4.40. The van der Waals surface area contributed by atoms with Gasteiger partial charge in [0.05, 0.1) is 5.75 Å². The smallest absolute Gasteiger partial charge is 0.333 e. The standard InChI is InChI=1S/C12H13F4NOS/c1-2-17(8-12(14,15)16)11(18)7-19-10-5-3-9(13)4-6-10/h3-6H,2,7-8H2,1H3. The second-order valence-electron chi connectivity index (χ2n) is 3.77. The molecule has 0 aliphatic carbocycles. The predicted molar refractivity (Wildman–Crippen MR) is 65.4 cm³/mol. The fourth-order valence-corrected chi connectivity index (χ4v) is 2.16. The molecule has 0 N–H and O–H groups in total. The third kappa shape index (κ3) is 5.96. The van der Waals surface area contributed by atoms with E-state index in [4.69, 9.17) is 0 Å². The quantitative estimate of drug-likeness (QED) is 0.613. The Kier molecular flexibility index (Phi) is 5.65. The summed E-state index contributed by atoms with van der Waals surface area (Å²) in [5.74, 6) is -1.09. The minimum absolute atomic E-state index is 0.00230. The number of amides is 1. The predicted octanol–water partition coefficient (Wildman–Crippen LogP) is 3.33. The van der Waals surface area contributed by atoms with Crippen molar-refractivity contribution in [2.45, 2.75) is 18.0 Å². The summed E-state index contributed by atoms with van der Waals surface area (Å²) in [5.41, 5.74) is 0. The van der Waals surface area contributed by atoms with Crippen LogP contribution in [-0.2, 0) is 4.79 Å². The van der Waals surface area contributed by atoms with Gasteiger partial charge in [0.25, 0.3) is 0 Å². The molecule has 0 aromatic heterocycles. The van der Waals surface area contributed by atoms with E-state index in [2.05, 4.69) is 0 Å². The van der Waals surface area contributed by atoms with Crippen LogP contribution in [0.4, 0.5) is 17.6 Å². The van der Waals surface area contributed by atoms with Crippen molar-refractivity contribution in [2.75, 3.05) is 18.8 Å². The molecule has 0 saturated heterocycles. The number of nitrogens with zero attached hydrogens (tertiary/aromatic N) is 1. The molecule has 1 aromatic rings. The lowest BCUT2D eigenvalue weighted by atomic mass is 10.4. The SMILES string of the molecule is CCN(CC(F)(F)F)C(=O)CSc1ccc(F)cc1. The minimum Gasteiger partial charge on any atom is -0.333 e. The van der Waals surface area contributed by atoms with E-state index >= 15 is 0 Å². The molecule has 106 valence electrons. The first-order chi connectivity index (χ1) is 8.81. The number of halogens is 4. The molecule has 1 rings (SSSR count). The molecule has 0 unspecified atom stereocenters. The first kappa shape index (κ1) is 15.8. The first-order valence-corrected chi connectivity index (χ1v) is 6.53. The summed E-state index contributed by atoms with van der Waals surface area (Å²) in [7, 11) is 0. The summed E-state index contributed by atoms with van der Waals surface area (Å²) in [5, 5.41) is 0. The van der Waals surface area contributed by atoms with Gasteiger partial charge in [-0.3, -0.25) is 4.79 Å². The zero-order chi connectivity index (χ0) is 14.5. The van der Waals surface area contributed by atoms with Gasteiger partial charge in [-0.1, -0.05) is 0 Å². The first-order valence-electron chi connectivity index (χ1n) is 5.54. The van der Waals surface area contributed by atoms with Crippen LogP contribution in [0.5, 0.6) is 0 Å². The summed E-state index contributed by atoms with van der Waals surface area (Å²) in [6, 6.07) is 5.43. The van der Waals surface area contributed by atoms with Gasteiger partial charge < -0.3 is 4.90 Å². The summed E-state index contributed by atoms with van der Waals surface area (Å²) >= 11 is 1.08. The van der Waals surface area contributed by atoms with Crippen molar-refractivity contribution in [3.63, 3.8) is 0 Å². The molecule has 0 bridgehead atoms. The molecule has 0 aliphatic heterocycles. The third-order valence-electron chi connectivity index (χ3n) is 2.28. The van der Waals surface area contributed by atoms with E-state index in [-0.39, 0.29) is 12.3 Å². The van der Waals surface area contributed by atoms with Crippen molar-refractivity contribution in [3.05, 3.63) is 30.1 Å². The Morgan fingerprint density at radius 1 is 1.26 bits per heavy atom. The molecule has 0 heterocycles. The maximum Gasteiger partial charge on any atom is 0.406 e. The van der Waals surface area contributed by atoms with Gasteiger partial charge >= 0.3 is 6.18 Å². The van der Waals surface area contributed by atoms with Crippen LogP contribution in [0, 0.1) is 5.82 Å². The molecule has 19 heavy (non-hydrogen) atoms. The third-order valence-corrected chi connectivity index (χ3v) is 3.28. The van der Waals surface area contributed by atoms with Crippen LogP contribution in [-0.4, -0.2) is 35.8 Å². The van der Waals surface area contributed by atoms with Crippen molar-refractivity contribution in [2.24, 2.45) is 0 Å². The Hall–Kier alpha value is -1.24. The van der Waals surface area contributed by atoms with Gasteiger partial charge in [-0.05, 0) is 31.2 Å². The highest BCUT2D eigenvalue weighted by Gasteiger charge is 2.32. The zero-order valence-electron chi connectivity index (χ0n) is 10.2. The lowest BCUT2D eigenvalue weighted by Crippen LogP contribution is -2.39. The molecule has 0 spiro atoms. The Bertz CT molecular complexity index is 419. The number of carbonyl (C=O) groups is 1. The maximum atomic E-state index is 12.6. The molecule has 7 heteroatoms.